The van der Waals surface area contributed by atoms with Crippen LogP contribution in [0.25, 0.3) is 0 Å². The molecule has 15 heavy (non-hydrogen) atoms. The van der Waals surface area contributed by atoms with Gasteiger partial charge in [-0.15, -0.1) is 0 Å². The lowest BCUT2D eigenvalue weighted by molar-refractivity contribution is -0.125. The van der Waals surface area contributed by atoms with Crippen molar-refractivity contribution in [3.63, 3.8) is 0 Å². The van der Waals surface area contributed by atoms with E-state index in [0.29, 0.717) is 11.5 Å². The molecular formula is C11H13NO3. The SMILES string of the molecule is CC1=C2OCC(=O)NC2=CC(C)(O)C=C1. The Balaban J connectivity index is 2.46. The zero-order valence-corrected chi connectivity index (χ0v) is 8.70. The van der Waals surface area contributed by atoms with Crippen molar-refractivity contribution in [3.05, 3.63) is 35.3 Å². The number of carbonyl (C=O) groups is 1. The van der Waals surface area contributed by atoms with E-state index in [1.165, 1.54) is 0 Å². The topological polar surface area (TPSA) is 58.6 Å². The molecule has 0 bridgehead atoms. The van der Waals surface area contributed by atoms with Gasteiger partial charge in [0.05, 0.1) is 5.70 Å². The molecule has 1 fully saturated rings. The number of hydrogen-bond acceptors (Lipinski definition) is 3. The minimum Gasteiger partial charge on any atom is -0.481 e. The van der Waals surface area contributed by atoms with Gasteiger partial charge in [0.15, 0.2) is 6.61 Å². The van der Waals surface area contributed by atoms with Gasteiger partial charge in [-0.05, 0) is 31.6 Å². The fourth-order valence-corrected chi connectivity index (χ4v) is 1.60. The quantitative estimate of drug-likeness (QED) is 0.612. The average Bonchev–Trinajstić information content (AvgIpc) is 2.23. The first-order chi connectivity index (χ1) is 6.98. The van der Waals surface area contributed by atoms with Crippen LogP contribution in [0.3, 0.4) is 0 Å². The standard InChI is InChI=1S/C11H13NO3/c1-7-3-4-11(2,14)5-8-10(7)15-6-9(13)12-8/h3-5,14H,6H2,1-2H3,(H,12,13). The number of amides is 1. The number of carbonyl (C=O) groups excluding carboxylic acids is 1. The van der Waals surface area contributed by atoms with Crippen LogP contribution in [0.2, 0.25) is 0 Å². The van der Waals surface area contributed by atoms with Crippen LogP contribution in [0.5, 0.6) is 0 Å². The Kier molecular flexibility index (Phi) is 2.16. The van der Waals surface area contributed by atoms with Gasteiger partial charge in [-0.2, -0.15) is 0 Å². The highest BCUT2D eigenvalue weighted by Gasteiger charge is 2.26. The van der Waals surface area contributed by atoms with Gasteiger partial charge >= 0.3 is 0 Å². The van der Waals surface area contributed by atoms with E-state index >= 15 is 0 Å². The molecule has 4 heteroatoms. The Hall–Kier alpha value is -1.55. The summed E-state index contributed by atoms with van der Waals surface area (Å²) in [6.07, 6.45) is 5.03. The van der Waals surface area contributed by atoms with Gasteiger partial charge in [0.1, 0.15) is 11.4 Å². The molecule has 2 N–H and O–H groups in total. The fourth-order valence-electron chi connectivity index (χ4n) is 1.60. The largest absolute Gasteiger partial charge is 0.481 e. The number of ether oxygens (including phenoxy) is 1. The highest BCUT2D eigenvalue weighted by molar-refractivity contribution is 5.81. The summed E-state index contributed by atoms with van der Waals surface area (Å²) in [5.41, 5.74) is 0.365. The number of nitrogens with one attached hydrogen (secondary N) is 1. The number of fused-ring (bicyclic) bond motifs is 1. The molecule has 1 heterocycles. The average molecular weight is 207 g/mol. The van der Waals surface area contributed by atoms with Gasteiger partial charge in [-0.1, -0.05) is 6.08 Å². The number of allylic oxidation sites excluding steroid dienone is 2. The van der Waals surface area contributed by atoms with Crippen molar-refractivity contribution in [1.82, 2.24) is 5.32 Å². The maximum absolute atomic E-state index is 11.1. The summed E-state index contributed by atoms with van der Waals surface area (Å²) in [5.74, 6) is 0.430. The van der Waals surface area contributed by atoms with E-state index in [4.69, 9.17) is 4.74 Å². The highest BCUT2D eigenvalue weighted by Crippen LogP contribution is 2.25. The van der Waals surface area contributed by atoms with Crippen molar-refractivity contribution >= 4 is 5.91 Å². The van der Waals surface area contributed by atoms with E-state index in [2.05, 4.69) is 5.32 Å². The third-order valence-electron chi connectivity index (χ3n) is 2.33. The van der Waals surface area contributed by atoms with Crippen molar-refractivity contribution in [2.24, 2.45) is 0 Å². The molecule has 1 aliphatic carbocycles. The van der Waals surface area contributed by atoms with Gasteiger partial charge in [-0.3, -0.25) is 4.79 Å². The fraction of sp³-hybridized carbons (Fsp3) is 0.364. The van der Waals surface area contributed by atoms with Gasteiger partial charge in [-0.25, -0.2) is 0 Å². The Bertz CT molecular complexity index is 402. The second-order valence-electron chi connectivity index (χ2n) is 3.97. The van der Waals surface area contributed by atoms with Gasteiger partial charge in [0.2, 0.25) is 0 Å². The lowest BCUT2D eigenvalue weighted by Crippen LogP contribution is -2.35. The number of morpholine rings is 1. The second-order valence-corrected chi connectivity index (χ2v) is 3.97. The van der Waals surface area contributed by atoms with Crippen molar-refractivity contribution in [3.8, 4) is 0 Å². The van der Waals surface area contributed by atoms with Crippen molar-refractivity contribution in [1.29, 1.82) is 0 Å². The highest BCUT2D eigenvalue weighted by atomic mass is 16.5. The predicted molar refractivity (Wildman–Crippen MR) is 54.6 cm³/mol. The summed E-state index contributed by atoms with van der Waals surface area (Å²) in [5, 5.41) is 12.6. The molecule has 1 amide bonds. The number of rotatable bonds is 0. The molecule has 0 aromatic carbocycles. The minimum atomic E-state index is -1.06. The van der Waals surface area contributed by atoms with Gasteiger partial charge < -0.3 is 15.2 Å². The summed E-state index contributed by atoms with van der Waals surface area (Å²) in [7, 11) is 0. The summed E-state index contributed by atoms with van der Waals surface area (Å²) >= 11 is 0. The van der Waals surface area contributed by atoms with Gasteiger partial charge in [0.25, 0.3) is 5.91 Å². The first-order valence-electron chi connectivity index (χ1n) is 4.76. The van der Waals surface area contributed by atoms with Crippen LogP contribution in [0.15, 0.2) is 35.3 Å². The summed E-state index contributed by atoms with van der Waals surface area (Å²) in [6, 6.07) is 0. The maximum Gasteiger partial charge on any atom is 0.262 e. The summed E-state index contributed by atoms with van der Waals surface area (Å²) < 4.78 is 5.32. The zero-order valence-electron chi connectivity index (χ0n) is 8.70. The van der Waals surface area contributed by atoms with Crippen molar-refractivity contribution < 1.29 is 14.6 Å². The molecule has 1 saturated heterocycles. The molecule has 0 radical (unpaired) electrons. The molecule has 80 valence electrons. The first kappa shape index (κ1) is 9.98. The summed E-state index contributed by atoms with van der Waals surface area (Å²) in [4.78, 5) is 11.1. The monoisotopic (exact) mass is 207 g/mol. The summed E-state index contributed by atoms with van der Waals surface area (Å²) in [6.45, 7) is 3.55. The van der Waals surface area contributed by atoms with Crippen LogP contribution in [0, 0.1) is 0 Å². The maximum atomic E-state index is 11.1. The number of hydrogen-bond donors (Lipinski definition) is 2. The van der Waals surface area contributed by atoms with E-state index in [0.717, 1.165) is 5.57 Å². The zero-order chi connectivity index (χ0) is 11.1. The van der Waals surface area contributed by atoms with Crippen LogP contribution >= 0.6 is 0 Å². The van der Waals surface area contributed by atoms with Gasteiger partial charge in [0, 0.05) is 0 Å². The minimum absolute atomic E-state index is 0.0278. The van der Waals surface area contributed by atoms with E-state index < -0.39 is 5.60 Å². The molecule has 1 aliphatic heterocycles. The molecule has 0 saturated carbocycles. The Morgan fingerprint density at radius 1 is 1.60 bits per heavy atom. The van der Waals surface area contributed by atoms with Crippen LogP contribution in [0.4, 0.5) is 0 Å². The smallest absolute Gasteiger partial charge is 0.262 e. The normalized spacial score (nSPS) is 30.1. The molecule has 0 aromatic heterocycles. The van der Waals surface area contributed by atoms with E-state index in [1.807, 2.05) is 6.92 Å². The predicted octanol–water partition coefficient (Wildman–Crippen LogP) is 0.611. The molecular weight excluding hydrogens is 194 g/mol. The Morgan fingerprint density at radius 2 is 2.33 bits per heavy atom. The van der Waals surface area contributed by atoms with Crippen LogP contribution in [-0.4, -0.2) is 23.2 Å². The second kappa shape index (κ2) is 3.24. The number of aliphatic hydroxyl groups is 1. The lowest BCUT2D eigenvalue weighted by atomic mass is 10.1. The molecule has 2 rings (SSSR count). The first-order valence-corrected chi connectivity index (χ1v) is 4.76. The molecule has 0 aromatic rings. The van der Waals surface area contributed by atoms with Crippen LogP contribution in [-0.2, 0) is 9.53 Å². The van der Waals surface area contributed by atoms with E-state index in [9.17, 15) is 9.90 Å². The van der Waals surface area contributed by atoms with E-state index in [-0.39, 0.29) is 12.5 Å². The molecule has 0 spiro atoms. The lowest BCUT2D eigenvalue weighted by Gasteiger charge is -2.22. The molecule has 1 unspecified atom stereocenters. The molecule has 1 atom stereocenters. The third kappa shape index (κ3) is 1.94. The Morgan fingerprint density at radius 3 is 3.07 bits per heavy atom. The van der Waals surface area contributed by atoms with Crippen LogP contribution in [0.1, 0.15) is 13.8 Å². The van der Waals surface area contributed by atoms with E-state index in [1.54, 1.807) is 25.2 Å². The molecule has 4 nitrogen and oxygen atoms in total. The third-order valence-corrected chi connectivity index (χ3v) is 2.33. The van der Waals surface area contributed by atoms with Crippen LogP contribution < -0.4 is 5.32 Å². The van der Waals surface area contributed by atoms with Crippen molar-refractivity contribution in [2.45, 2.75) is 19.4 Å². The Labute approximate surface area is 87.9 Å². The van der Waals surface area contributed by atoms with Crippen molar-refractivity contribution in [2.75, 3.05) is 6.61 Å². The molecule has 2 aliphatic rings.